The van der Waals surface area contributed by atoms with Crippen LogP contribution in [0.25, 0.3) is 0 Å². The average molecular weight is 190 g/mol. The number of hydrogen-bond acceptors (Lipinski definition) is 4. The molecule has 0 saturated heterocycles. The van der Waals surface area contributed by atoms with Gasteiger partial charge >= 0.3 is 0 Å². The fraction of sp³-hybridized carbons (Fsp3) is 0.400. The Hall–Kier alpha value is -1.58. The molecule has 2 aliphatic heterocycles. The fourth-order valence-corrected chi connectivity index (χ4v) is 1.30. The summed E-state index contributed by atoms with van der Waals surface area (Å²) in [6.07, 6.45) is 8.05. The van der Waals surface area contributed by atoms with Crippen LogP contribution in [0.5, 0.6) is 0 Å². The zero-order chi connectivity index (χ0) is 9.97. The van der Waals surface area contributed by atoms with Crippen molar-refractivity contribution in [2.75, 3.05) is 27.4 Å². The molecule has 14 heavy (non-hydrogen) atoms. The molecule has 0 spiro atoms. The van der Waals surface area contributed by atoms with Crippen molar-refractivity contribution in [3.8, 4) is 0 Å². The summed E-state index contributed by atoms with van der Waals surface area (Å²) in [4.78, 5) is 12.9. The third kappa shape index (κ3) is 1.84. The van der Waals surface area contributed by atoms with E-state index in [-0.39, 0.29) is 0 Å². The molecule has 0 aromatic heterocycles. The van der Waals surface area contributed by atoms with Gasteiger partial charge in [0, 0.05) is 26.5 Å². The highest BCUT2D eigenvalue weighted by Crippen LogP contribution is 2.03. The van der Waals surface area contributed by atoms with E-state index in [0.29, 0.717) is 13.3 Å². The molecule has 2 aliphatic rings. The van der Waals surface area contributed by atoms with Gasteiger partial charge in [0.25, 0.3) is 0 Å². The number of rotatable bonds is 1. The van der Waals surface area contributed by atoms with E-state index in [0.717, 1.165) is 11.4 Å². The van der Waals surface area contributed by atoms with Gasteiger partial charge in [-0.15, -0.1) is 0 Å². The fourth-order valence-electron chi connectivity index (χ4n) is 1.30. The monoisotopic (exact) mass is 190 g/mol. The van der Waals surface area contributed by atoms with Gasteiger partial charge in [-0.3, -0.25) is 9.98 Å². The van der Waals surface area contributed by atoms with Crippen molar-refractivity contribution in [2.24, 2.45) is 9.98 Å². The number of allylic oxidation sites excluding steroid dienone is 2. The predicted octanol–water partition coefficient (Wildman–Crippen LogP) is 0.702. The Morgan fingerprint density at radius 2 is 1.36 bits per heavy atom. The van der Waals surface area contributed by atoms with E-state index in [4.69, 9.17) is 0 Å². The number of nitrogens with zero attached hydrogens (tertiary/aromatic N) is 4. The van der Waals surface area contributed by atoms with Crippen molar-refractivity contribution in [3.63, 3.8) is 0 Å². The zero-order valence-corrected chi connectivity index (χ0v) is 8.51. The van der Waals surface area contributed by atoms with E-state index in [1.807, 2.05) is 48.4 Å². The highest BCUT2D eigenvalue weighted by Gasteiger charge is 2.09. The van der Waals surface area contributed by atoms with Crippen molar-refractivity contribution in [2.45, 2.75) is 0 Å². The van der Waals surface area contributed by atoms with Crippen molar-refractivity contribution in [1.82, 2.24) is 9.80 Å². The smallest absolute Gasteiger partial charge is 0.110 e. The summed E-state index contributed by atoms with van der Waals surface area (Å²) >= 11 is 0. The maximum Gasteiger partial charge on any atom is 0.110 e. The molecule has 2 heterocycles. The normalized spacial score (nSPS) is 21.0. The largest absolute Gasteiger partial charge is 0.361 e. The lowest BCUT2D eigenvalue weighted by atomic mass is 10.2. The Balaban J connectivity index is 2.11. The van der Waals surface area contributed by atoms with Crippen LogP contribution in [0, 0.1) is 0 Å². The number of aliphatic imine (C=N–C) groups is 2. The quantitative estimate of drug-likeness (QED) is 0.609. The molecule has 0 aliphatic carbocycles. The molecule has 0 radical (unpaired) electrons. The van der Waals surface area contributed by atoms with Gasteiger partial charge in [0.1, 0.15) is 13.3 Å². The molecule has 0 N–H and O–H groups in total. The van der Waals surface area contributed by atoms with Crippen LogP contribution in [0.15, 0.2) is 34.5 Å². The van der Waals surface area contributed by atoms with E-state index in [1.54, 1.807) is 0 Å². The lowest BCUT2D eigenvalue weighted by Gasteiger charge is -2.19. The van der Waals surface area contributed by atoms with E-state index < -0.39 is 0 Å². The molecular weight excluding hydrogens is 176 g/mol. The maximum absolute atomic E-state index is 4.41. The van der Waals surface area contributed by atoms with Crippen LogP contribution in [0.3, 0.4) is 0 Å². The lowest BCUT2D eigenvalue weighted by Crippen LogP contribution is -2.25. The van der Waals surface area contributed by atoms with Gasteiger partial charge in [-0.25, -0.2) is 0 Å². The Bertz CT molecular complexity index is 304. The third-order valence-electron chi connectivity index (χ3n) is 2.16. The molecule has 0 fully saturated rings. The summed E-state index contributed by atoms with van der Waals surface area (Å²) in [5, 5.41) is 0. The van der Waals surface area contributed by atoms with E-state index >= 15 is 0 Å². The topological polar surface area (TPSA) is 31.2 Å². The van der Waals surface area contributed by atoms with Crippen LogP contribution in [0.4, 0.5) is 0 Å². The van der Waals surface area contributed by atoms with Crippen molar-refractivity contribution in [1.29, 1.82) is 0 Å². The number of hydrogen-bond donors (Lipinski definition) is 0. The Morgan fingerprint density at radius 3 is 1.64 bits per heavy atom. The molecule has 0 aromatic rings. The van der Waals surface area contributed by atoms with Crippen LogP contribution in [-0.4, -0.2) is 48.7 Å². The molecular formula is C10H14N4. The van der Waals surface area contributed by atoms with Crippen molar-refractivity contribution < 1.29 is 0 Å². The zero-order valence-electron chi connectivity index (χ0n) is 8.51. The second kappa shape index (κ2) is 3.65. The first-order valence-corrected chi connectivity index (χ1v) is 4.62. The minimum atomic E-state index is 0.717. The molecule has 0 unspecified atom stereocenters. The van der Waals surface area contributed by atoms with E-state index in [9.17, 15) is 0 Å². The minimum Gasteiger partial charge on any atom is -0.361 e. The van der Waals surface area contributed by atoms with Gasteiger partial charge in [-0.05, 0) is 12.2 Å². The summed E-state index contributed by atoms with van der Waals surface area (Å²) < 4.78 is 0. The second-order valence-corrected chi connectivity index (χ2v) is 3.52. The Morgan fingerprint density at radius 1 is 0.929 bits per heavy atom. The summed E-state index contributed by atoms with van der Waals surface area (Å²) in [7, 11) is 4.01. The highest BCUT2D eigenvalue weighted by atomic mass is 15.2. The minimum absolute atomic E-state index is 0.717. The van der Waals surface area contributed by atoms with Gasteiger partial charge in [0.15, 0.2) is 0 Å². The summed E-state index contributed by atoms with van der Waals surface area (Å²) in [6, 6.07) is 0. The van der Waals surface area contributed by atoms with Gasteiger partial charge in [0.2, 0.25) is 0 Å². The van der Waals surface area contributed by atoms with E-state index in [2.05, 4.69) is 9.98 Å². The highest BCUT2D eigenvalue weighted by molar-refractivity contribution is 6.50. The van der Waals surface area contributed by atoms with Gasteiger partial charge < -0.3 is 9.80 Å². The van der Waals surface area contributed by atoms with Crippen LogP contribution in [0.2, 0.25) is 0 Å². The molecule has 0 saturated carbocycles. The first-order valence-electron chi connectivity index (χ1n) is 4.62. The summed E-state index contributed by atoms with van der Waals surface area (Å²) in [5.74, 6) is 0. The molecule has 0 bridgehead atoms. The van der Waals surface area contributed by atoms with Gasteiger partial charge in [-0.2, -0.15) is 0 Å². The Kier molecular flexibility index (Phi) is 2.35. The molecule has 0 amide bonds. The molecule has 2 rings (SSSR count). The first kappa shape index (κ1) is 8.99. The molecule has 0 aromatic carbocycles. The predicted molar refractivity (Wildman–Crippen MR) is 58.4 cm³/mol. The van der Waals surface area contributed by atoms with Crippen LogP contribution < -0.4 is 0 Å². The average Bonchev–Trinajstić information content (AvgIpc) is 2.21. The molecule has 4 heteroatoms. The van der Waals surface area contributed by atoms with Gasteiger partial charge in [0.05, 0.1) is 11.4 Å². The molecule has 4 nitrogen and oxygen atoms in total. The van der Waals surface area contributed by atoms with E-state index in [1.165, 1.54) is 0 Å². The standard InChI is InChI=1S/C10H14N4/c1-13-5-3-9(11-7-13)10-4-6-14(2)8-12-10/h3-6H,7-8H2,1-2H3. The second-order valence-electron chi connectivity index (χ2n) is 3.52. The maximum atomic E-state index is 4.41. The third-order valence-corrected chi connectivity index (χ3v) is 2.16. The summed E-state index contributed by atoms with van der Waals surface area (Å²) in [6.45, 7) is 1.43. The van der Waals surface area contributed by atoms with Crippen molar-refractivity contribution in [3.05, 3.63) is 24.6 Å². The van der Waals surface area contributed by atoms with Crippen LogP contribution in [0.1, 0.15) is 0 Å². The Labute approximate surface area is 83.9 Å². The van der Waals surface area contributed by atoms with Crippen molar-refractivity contribution >= 4 is 11.4 Å². The van der Waals surface area contributed by atoms with Crippen LogP contribution >= 0.6 is 0 Å². The molecule has 74 valence electrons. The SMILES string of the molecule is CN1C=CC(C2=NCN(C)C=C2)=NC1. The molecule has 0 atom stereocenters. The first-order chi connectivity index (χ1) is 6.75. The summed E-state index contributed by atoms with van der Waals surface area (Å²) in [5.41, 5.74) is 1.96. The lowest BCUT2D eigenvalue weighted by molar-refractivity contribution is 0.466. The van der Waals surface area contributed by atoms with Crippen LogP contribution in [-0.2, 0) is 0 Å². The van der Waals surface area contributed by atoms with Gasteiger partial charge in [-0.1, -0.05) is 0 Å².